The number of hydrogen-bond donors (Lipinski definition) is 3. The van der Waals surface area contributed by atoms with Crippen LogP contribution in [0.5, 0.6) is 5.75 Å². The van der Waals surface area contributed by atoms with E-state index in [9.17, 15) is 9.59 Å². The Balaban J connectivity index is 1.67. The molecule has 26 heavy (non-hydrogen) atoms. The summed E-state index contributed by atoms with van der Waals surface area (Å²) in [4.78, 5) is 23.6. The van der Waals surface area contributed by atoms with Gasteiger partial charge in [0.2, 0.25) is 5.91 Å². The molecular weight excluding hydrogens is 374 g/mol. The van der Waals surface area contributed by atoms with Crippen molar-refractivity contribution in [2.24, 2.45) is 0 Å². The van der Waals surface area contributed by atoms with Crippen molar-refractivity contribution >= 4 is 40.7 Å². The first-order chi connectivity index (χ1) is 12.4. The predicted octanol–water partition coefficient (Wildman–Crippen LogP) is 2.29. The molecule has 0 saturated heterocycles. The van der Waals surface area contributed by atoms with Crippen LogP contribution in [0, 0.1) is 6.92 Å². The van der Waals surface area contributed by atoms with Gasteiger partial charge in [-0.15, -0.1) is 0 Å². The van der Waals surface area contributed by atoms with E-state index in [1.807, 2.05) is 19.1 Å². The third kappa shape index (κ3) is 7.08. The number of benzene rings is 2. The molecule has 0 aliphatic carbocycles. The second-order valence-electron chi connectivity index (χ2n) is 5.46. The summed E-state index contributed by atoms with van der Waals surface area (Å²) < 4.78 is 5.33. The summed E-state index contributed by atoms with van der Waals surface area (Å²) in [6.45, 7) is 1.78. The Bertz CT molecular complexity index is 779. The quantitative estimate of drug-likeness (QED) is 0.538. The van der Waals surface area contributed by atoms with Crippen LogP contribution in [0.3, 0.4) is 0 Å². The fraction of sp³-hybridized carbons (Fsp3) is 0.167. The van der Waals surface area contributed by atoms with Gasteiger partial charge in [-0.05, 0) is 49.0 Å². The predicted molar refractivity (Wildman–Crippen MR) is 104 cm³/mol. The van der Waals surface area contributed by atoms with Gasteiger partial charge in [0.15, 0.2) is 11.7 Å². The summed E-state index contributed by atoms with van der Waals surface area (Å²) in [5, 5.41) is 3.06. The Morgan fingerprint density at radius 3 is 2.31 bits per heavy atom. The molecule has 2 rings (SSSR count). The Hall–Kier alpha value is -2.64. The third-order valence-electron chi connectivity index (χ3n) is 3.24. The van der Waals surface area contributed by atoms with Crippen molar-refractivity contribution in [2.45, 2.75) is 13.3 Å². The van der Waals surface area contributed by atoms with Crippen molar-refractivity contribution in [3.63, 3.8) is 0 Å². The second-order valence-corrected chi connectivity index (χ2v) is 6.30. The fourth-order valence-corrected chi connectivity index (χ4v) is 2.23. The number of hydrogen-bond acceptors (Lipinski definition) is 4. The van der Waals surface area contributed by atoms with E-state index >= 15 is 0 Å². The van der Waals surface area contributed by atoms with Crippen molar-refractivity contribution in [3.05, 3.63) is 64.7 Å². The summed E-state index contributed by atoms with van der Waals surface area (Å²) in [6, 6.07) is 14.2. The molecule has 2 amide bonds. The molecule has 2 aromatic carbocycles. The van der Waals surface area contributed by atoms with E-state index in [0.717, 1.165) is 11.1 Å². The first-order valence-electron chi connectivity index (χ1n) is 7.75. The van der Waals surface area contributed by atoms with E-state index in [1.165, 1.54) is 0 Å². The zero-order valence-corrected chi connectivity index (χ0v) is 15.6. The topological polar surface area (TPSA) is 79.5 Å². The Labute approximate surface area is 161 Å². The van der Waals surface area contributed by atoms with E-state index < -0.39 is 5.91 Å². The molecule has 0 bridgehead atoms. The highest BCUT2D eigenvalue weighted by Crippen LogP contribution is 2.11. The molecule has 0 aromatic heterocycles. The van der Waals surface area contributed by atoms with Gasteiger partial charge in [-0.2, -0.15) is 0 Å². The smallest absolute Gasteiger partial charge is 0.276 e. The number of carbonyl (C=O) groups excluding carboxylic acids is 2. The van der Waals surface area contributed by atoms with Crippen LogP contribution in [0.15, 0.2) is 48.5 Å². The largest absolute Gasteiger partial charge is 0.484 e. The summed E-state index contributed by atoms with van der Waals surface area (Å²) in [7, 11) is 0. The maximum atomic E-state index is 11.9. The molecule has 0 heterocycles. The third-order valence-corrected chi connectivity index (χ3v) is 3.69. The SMILES string of the molecule is Cc1ccc(OCC(=O)NNC(=S)NC(=O)Cc2ccc(Cl)cc2)cc1. The van der Waals surface area contributed by atoms with Crippen molar-refractivity contribution in [2.75, 3.05) is 6.61 Å². The summed E-state index contributed by atoms with van der Waals surface area (Å²) in [5.74, 6) is -0.153. The molecule has 0 aliphatic rings. The van der Waals surface area contributed by atoms with Crippen molar-refractivity contribution in [3.8, 4) is 5.75 Å². The van der Waals surface area contributed by atoms with Crippen LogP contribution in [0.1, 0.15) is 11.1 Å². The minimum absolute atomic E-state index is 0.00681. The Kier molecular flexibility index (Phi) is 7.37. The maximum absolute atomic E-state index is 11.9. The highest BCUT2D eigenvalue weighted by atomic mass is 35.5. The van der Waals surface area contributed by atoms with Crippen LogP contribution in [-0.2, 0) is 16.0 Å². The van der Waals surface area contributed by atoms with Crippen LogP contribution in [0.2, 0.25) is 5.02 Å². The number of nitrogens with one attached hydrogen (secondary N) is 3. The molecule has 2 aromatic rings. The van der Waals surface area contributed by atoms with Gasteiger partial charge in [0, 0.05) is 5.02 Å². The van der Waals surface area contributed by atoms with Gasteiger partial charge in [-0.25, -0.2) is 0 Å². The number of thiocarbonyl (C=S) groups is 1. The number of carbonyl (C=O) groups is 2. The normalized spacial score (nSPS) is 9.92. The van der Waals surface area contributed by atoms with E-state index in [2.05, 4.69) is 16.2 Å². The van der Waals surface area contributed by atoms with E-state index in [-0.39, 0.29) is 24.0 Å². The lowest BCUT2D eigenvalue weighted by Gasteiger charge is -2.11. The average molecular weight is 392 g/mol. The molecule has 3 N–H and O–H groups in total. The van der Waals surface area contributed by atoms with Crippen LogP contribution in [-0.4, -0.2) is 23.5 Å². The molecule has 0 atom stereocenters. The van der Waals surface area contributed by atoms with Crippen molar-refractivity contribution < 1.29 is 14.3 Å². The summed E-state index contributed by atoms with van der Waals surface area (Å²) in [5.41, 5.74) is 6.70. The molecule has 6 nitrogen and oxygen atoms in total. The minimum Gasteiger partial charge on any atom is -0.484 e. The van der Waals surface area contributed by atoms with E-state index in [0.29, 0.717) is 10.8 Å². The van der Waals surface area contributed by atoms with Gasteiger partial charge in [0.25, 0.3) is 5.91 Å². The Morgan fingerprint density at radius 2 is 1.65 bits per heavy atom. The molecular formula is C18H18ClN3O3S. The number of hydrazine groups is 1. The second kappa shape index (κ2) is 9.74. The van der Waals surface area contributed by atoms with Gasteiger partial charge in [-0.1, -0.05) is 41.4 Å². The standard InChI is InChI=1S/C18H18ClN3O3S/c1-12-2-8-15(9-3-12)25-11-17(24)21-22-18(26)20-16(23)10-13-4-6-14(19)7-5-13/h2-9H,10-11H2,1H3,(H,21,24)(H2,20,22,23,26). The molecule has 8 heteroatoms. The highest BCUT2D eigenvalue weighted by Gasteiger charge is 2.08. The number of amides is 2. The number of rotatable bonds is 5. The number of ether oxygens (including phenoxy) is 1. The minimum atomic E-state index is -0.431. The lowest BCUT2D eigenvalue weighted by molar-refractivity contribution is -0.124. The maximum Gasteiger partial charge on any atom is 0.276 e. The summed E-state index contributed by atoms with van der Waals surface area (Å²) in [6.07, 6.45) is 0.142. The van der Waals surface area contributed by atoms with Crippen molar-refractivity contribution in [1.29, 1.82) is 0 Å². The van der Waals surface area contributed by atoms with Crippen LogP contribution in [0.4, 0.5) is 0 Å². The lowest BCUT2D eigenvalue weighted by atomic mass is 10.1. The molecule has 0 radical (unpaired) electrons. The van der Waals surface area contributed by atoms with Gasteiger partial charge >= 0.3 is 0 Å². The zero-order chi connectivity index (χ0) is 18.9. The molecule has 0 unspecified atom stereocenters. The molecule has 0 fully saturated rings. The average Bonchev–Trinajstić information content (AvgIpc) is 2.61. The van der Waals surface area contributed by atoms with Gasteiger partial charge < -0.3 is 10.1 Å². The molecule has 0 saturated carbocycles. The van der Waals surface area contributed by atoms with Gasteiger partial charge in [0.1, 0.15) is 5.75 Å². The van der Waals surface area contributed by atoms with Gasteiger partial charge in [-0.3, -0.25) is 20.4 Å². The van der Waals surface area contributed by atoms with Crippen LogP contribution < -0.4 is 20.9 Å². The number of aryl methyl sites for hydroxylation is 1. The van der Waals surface area contributed by atoms with Crippen molar-refractivity contribution in [1.82, 2.24) is 16.2 Å². The molecule has 136 valence electrons. The molecule has 0 aliphatic heterocycles. The molecule has 0 spiro atoms. The lowest BCUT2D eigenvalue weighted by Crippen LogP contribution is -2.49. The van der Waals surface area contributed by atoms with Crippen LogP contribution >= 0.6 is 23.8 Å². The Morgan fingerprint density at radius 1 is 1.00 bits per heavy atom. The van der Waals surface area contributed by atoms with E-state index in [1.54, 1.807) is 36.4 Å². The number of halogens is 1. The van der Waals surface area contributed by atoms with Crippen LogP contribution in [0.25, 0.3) is 0 Å². The zero-order valence-electron chi connectivity index (χ0n) is 14.0. The summed E-state index contributed by atoms with van der Waals surface area (Å²) >= 11 is 10.8. The first kappa shape index (κ1) is 19.7. The monoisotopic (exact) mass is 391 g/mol. The van der Waals surface area contributed by atoms with Gasteiger partial charge in [0.05, 0.1) is 6.42 Å². The fourth-order valence-electron chi connectivity index (χ4n) is 1.94. The van der Waals surface area contributed by atoms with E-state index in [4.69, 9.17) is 28.6 Å². The first-order valence-corrected chi connectivity index (χ1v) is 8.53. The highest BCUT2D eigenvalue weighted by molar-refractivity contribution is 7.80.